The van der Waals surface area contributed by atoms with Crippen molar-refractivity contribution in [1.29, 1.82) is 0 Å². The van der Waals surface area contributed by atoms with E-state index in [0.29, 0.717) is 5.91 Å². The lowest BCUT2D eigenvalue weighted by molar-refractivity contribution is -0.135. The Morgan fingerprint density at radius 1 is 1.00 bits per heavy atom. The topological polar surface area (TPSA) is 67.2 Å². The van der Waals surface area contributed by atoms with Crippen LogP contribution in [0.15, 0.2) is 30.5 Å². The van der Waals surface area contributed by atoms with Crippen LogP contribution in [0.4, 0.5) is 5.82 Å². The van der Waals surface area contributed by atoms with Crippen molar-refractivity contribution in [3.05, 3.63) is 41.9 Å². The molecular weight excluding hydrogens is 400 g/mol. The monoisotopic (exact) mass is 432 g/mol. The van der Waals surface area contributed by atoms with E-state index in [9.17, 15) is 4.79 Å². The number of nitrogens with zero attached hydrogens (tertiary/aromatic N) is 6. The molecule has 2 aromatic heterocycles. The Balaban J connectivity index is 1.44. The molecule has 1 aliphatic carbocycles. The first-order chi connectivity index (χ1) is 15.6. The van der Waals surface area contributed by atoms with Crippen molar-refractivity contribution in [3.8, 4) is 5.69 Å². The second-order valence-corrected chi connectivity index (χ2v) is 9.09. The number of carbonyl (C=O) groups is 1. The van der Waals surface area contributed by atoms with Gasteiger partial charge in [-0.15, -0.1) is 0 Å². The molecule has 3 aromatic rings. The SMILES string of the molecule is CCc1nc(N2CCCN(C(=O)C3CCCC3)CC2)c2cnn(-c3ccc(C)cc3)c2n1. The van der Waals surface area contributed by atoms with E-state index < -0.39 is 0 Å². The minimum atomic E-state index is 0.242. The third-order valence-corrected chi connectivity index (χ3v) is 6.86. The first kappa shape index (κ1) is 20.9. The van der Waals surface area contributed by atoms with Gasteiger partial charge in [0.1, 0.15) is 11.6 Å². The maximum atomic E-state index is 13.0. The third-order valence-electron chi connectivity index (χ3n) is 6.86. The average Bonchev–Trinajstić information content (AvgIpc) is 3.44. The van der Waals surface area contributed by atoms with Crippen molar-refractivity contribution >= 4 is 22.8 Å². The quantitative estimate of drug-likeness (QED) is 0.625. The third kappa shape index (κ3) is 3.96. The Hall–Kier alpha value is -2.96. The number of amides is 1. The van der Waals surface area contributed by atoms with Crippen molar-refractivity contribution in [1.82, 2.24) is 24.6 Å². The number of hydrogen-bond donors (Lipinski definition) is 0. The molecule has 0 unspecified atom stereocenters. The molecule has 7 heteroatoms. The maximum Gasteiger partial charge on any atom is 0.225 e. The van der Waals surface area contributed by atoms with Crippen LogP contribution in [-0.4, -0.2) is 56.7 Å². The number of aryl methyl sites for hydroxylation is 2. The number of aromatic nitrogens is 4. The van der Waals surface area contributed by atoms with E-state index in [0.717, 1.165) is 80.2 Å². The fraction of sp³-hybridized carbons (Fsp3) is 0.520. The van der Waals surface area contributed by atoms with Crippen LogP contribution in [0.1, 0.15) is 50.4 Å². The summed E-state index contributed by atoms with van der Waals surface area (Å²) in [4.78, 5) is 27.1. The molecule has 1 aromatic carbocycles. The number of fused-ring (bicyclic) bond motifs is 1. The van der Waals surface area contributed by atoms with Crippen LogP contribution in [-0.2, 0) is 11.2 Å². The Bertz CT molecular complexity index is 1100. The molecule has 1 saturated heterocycles. The molecule has 7 nitrogen and oxygen atoms in total. The largest absolute Gasteiger partial charge is 0.354 e. The summed E-state index contributed by atoms with van der Waals surface area (Å²) in [6.07, 6.45) is 8.11. The lowest BCUT2D eigenvalue weighted by atomic mass is 10.1. The van der Waals surface area contributed by atoms with E-state index in [2.05, 4.69) is 53.0 Å². The summed E-state index contributed by atoms with van der Waals surface area (Å²) in [5.41, 5.74) is 3.07. The highest BCUT2D eigenvalue weighted by Gasteiger charge is 2.29. The molecule has 3 heterocycles. The van der Waals surface area contributed by atoms with Gasteiger partial charge in [0.15, 0.2) is 5.65 Å². The highest BCUT2D eigenvalue weighted by Crippen LogP contribution is 2.29. The summed E-state index contributed by atoms with van der Waals surface area (Å²) in [6, 6.07) is 8.34. The minimum absolute atomic E-state index is 0.242. The van der Waals surface area contributed by atoms with Crippen molar-refractivity contribution in [2.45, 2.75) is 52.4 Å². The zero-order chi connectivity index (χ0) is 22.1. The van der Waals surface area contributed by atoms with Crippen molar-refractivity contribution in [2.75, 3.05) is 31.1 Å². The van der Waals surface area contributed by atoms with Crippen molar-refractivity contribution < 1.29 is 4.79 Å². The highest BCUT2D eigenvalue weighted by atomic mass is 16.2. The molecule has 1 saturated carbocycles. The Morgan fingerprint density at radius 3 is 2.53 bits per heavy atom. The van der Waals surface area contributed by atoms with Gasteiger partial charge in [-0.25, -0.2) is 14.6 Å². The van der Waals surface area contributed by atoms with Gasteiger partial charge in [0.05, 0.1) is 17.3 Å². The van der Waals surface area contributed by atoms with Crippen LogP contribution < -0.4 is 4.90 Å². The predicted octanol–water partition coefficient (Wildman–Crippen LogP) is 3.92. The van der Waals surface area contributed by atoms with Crippen molar-refractivity contribution in [3.63, 3.8) is 0 Å². The van der Waals surface area contributed by atoms with Gasteiger partial charge in [-0.1, -0.05) is 37.5 Å². The molecule has 0 atom stereocenters. The molecule has 0 radical (unpaired) electrons. The zero-order valence-corrected chi connectivity index (χ0v) is 19.1. The smallest absolute Gasteiger partial charge is 0.225 e. The summed E-state index contributed by atoms with van der Waals surface area (Å²) < 4.78 is 1.91. The van der Waals surface area contributed by atoms with E-state index in [4.69, 9.17) is 9.97 Å². The molecule has 168 valence electrons. The number of carbonyl (C=O) groups excluding carboxylic acids is 1. The summed E-state index contributed by atoms with van der Waals surface area (Å²) >= 11 is 0. The molecule has 0 bridgehead atoms. The van der Waals surface area contributed by atoms with Crippen LogP contribution >= 0.6 is 0 Å². The van der Waals surface area contributed by atoms with E-state index in [1.165, 1.54) is 18.4 Å². The predicted molar refractivity (Wildman–Crippen MR) is 126 cm³/mol. The Morgan fingerprint density at radius 2 is 1.78 bits per heavy atom. The summed E-state index contributed by atoms with van der Waals surface area (Å²) in [5.74, 6) is 2.37. The van der Waals surface area contributed by atoms with E-state index in [1.807, 2.05) is 10.9 Å². The molecular formula is C25H32N6O. The molecule has 5 rings (SSSR count). The van der Waals surface area contributed by atoms with Crippen LogP contribution in [0.2, 0.25) is 0 Å². The molecule has 2 fully saturated rings. The van der Waals surface area contributed by atoms with Gasteiger partial charge in [0.25, 0.3) is 0 Å². The lowest BCUT2D eigenvalue weighted by Crippen LogP contribution is -2.38. The number of hydrogen-bond acceptors (Lipinski definition) is 5. The standard InChI is InChI=1S/C25H32N6O/c1-3-22-27-23(21-17-26-31(24(21)28-22)20-11-9-18(2)10-12-20)29-13-6-14-30(16-15-29)25(32)19-7-4-5-8-19/h9-12,17,19H,3-8,13-16H2,1-2H3. The normalized spacial score (nSPS) is 17.8. The van der Waals surface area contributed by atoms with Crippen LogP contribution in [0, 0.1) is 12.8 Å². The minimum Gasteiger partial charge on any atom is -0.354 e. The Labute approximate surface area is 189 Å². The van der Waals surface area contributed by atoms with E-state index in [-0.39, 0.29) is 5.92 Å². The molecule has 1 amide bonds. The molecule has 0 spiro atoms. The molecule has 2 aliphatic rings. The molecule has 0 N–H and O–H groups in total. The fourth-order valence-electron chi connectivity index (χ4n) is 4.99. The van der Waals surface area contributed by atoms with Gasteiger partial charge in [-0.2, -0.15) is 5.10 Å². The Kier molecular flexibility index (Phi) is 5.81. The first-order valence-corrected chi connectivity index (χ1v) is 12.0. The second kappa shape index (κ2) is 8.88. The number of benzene rings is 1. The van der Waals surface area contributed by atoms with Crippen LogP contribution in [0.25, 0.3) is 16.7 Å². The first-order valence-electron chi connectivity index (χ1n) is 12.0. The van der Waals surface area contributed by atoms with Crippen LogP contribution in [0.5, 0.6) is 0 Å². The summed E-state index contributed by atoms with van der Waals surface area (Å²) in [7, 11) is 0. The van der Waals surface area contributed by atoms with Gasteiger partial charge in [0.2, 0.25) is 5.91 Å². The van der Waals surface area contributed by atoms with Gasteiger partial charge < -0.3 is 9.80 Å². The second-order valence-electron chi connectivity index (χ2n) is 9.09. The van der Waals surface area contributed by atoms with Crippen LogP contribution in [0.3, 0.4) is 0 Å². The van der Waals surface area contributed by atoms with Gasteiger partial charge in [-0.3, -0.25) is 4.79 Å². The maximum absolute atomic E-state index is 13.0. The summed E-state index contributed by atoms with van der Waals surface area (Å²) in [6.45, 7) is 7.45. The van der Waals surface area contributed by atoms with E-state index >= 15 is 0 Å². The van der Waals surface area contributed by atoms with Gasteiger partial charge in [0, 0.05) is 38.5 Å². The van der Waals surface area contributed by atoms with Crippen molar-refractivity contribution in [2.24, 2.45) is 5.92 Å². The van der Waals surface area contributed by atoms with Gasteiger partial charge >= 0.3 is 0 Å². The molecule has 32 heavy (non-hydrogen) atoms. The summed E-state index contributed by atoms with van der Waals surface area (Å²) in [5, 5.41) is 5.64. The number of anilines is 1. The van der Waals surface area contributed by atoms with Gasteiger partial charge in [-0.05, 0) is 38.3 Å². The zero-order valence-electron chi connectivity index (χ0n) is 19.1. The fourth-order valence-corrected chi connectivity index (χ4v) is 4.99. The molecule has 1 aliphatic heterocycles. The van der Waals surface area contributed by atoms with E-state index in [1.54, 1.807) is 0 Å². The lowest BCUT2D eigenvalue weighted by Gasteiger charge is -2.25. The highest BCUT2D eigenvalue weighted by molar-refractivity contribution is 5.88. The average molecular weight is 433 g/mol. The number of rotatable bonds is 4.